The standard InChI is InChI=1S/C16H30N2O/c1-3-8-15-17-14(4-2)16(19)18(15)12-11-13-9-6-5-7-10-13/h13-15,17H,3-12H2,1-2H3. The third-order valence-corrected chi connectivity index (χ3v) is 4.82. The average Bonchev–Trinajstić information content (AvgIpc) is 2.74. The first-order chi connectivity index (χ1) is 9.26. The first-order valence-corrected chi connectivity index (χ1v) is 8.32. The highest BCUT2D eigenvalue weighted by Crippen LogP contribution is 2.27. The molecule has 2 rings (SSSR count). The molecule has 0 aromatic heterocycles. The third-order valence-electron chi connectivity index (χ3n) is 4.82. The highest BCUT2D eigenvalue weighted by atomic mass is 16.2. The second-order valence-electron chi connectivity index (χ2n) is 6.26. The summed E-state index contributed by atoms with van der Waals surface area (Å²) in [5.74, 6) is 1.21. The Morgan fingerprint density at radius 3 is 2.53 bits per heavy atom. The maximum absolute atomic E-state index is 12.4. The summed E-state index contributed by atoms with van der Waals surface area (Å²) in [7, 11) is 0. The van der Waals surface area contributed by atoms with Crippen LogP contribution in [0.4, 0.5) is 0 Å². The van der Waals surface area contributed by atoms with Crippen LogP contribution >= 0.6 is 0 Å². The van der Waals surface area contributed by atoms with E-state index in [4.69, 9.17) is 0 Å². The fraction of sp³-hybridized carbons (Fsp3) is 0.938. The van der Waals surface area contributed by atoms with Gasteiger partial charge in [0.2, 0.25) is 5.91 Å². The van der Waals surface area contributed by atoms with Crippen molar-refractivity contribution >= 4 is 5.91 Å². The fourth-order valence-corrected chi connectivity index (χ4v) is 3.62. The van der Waals surface area contributed by atoms with Crippen LogP contribution in [0, 0.1) is 5.92 Å². The summed E-state index contributed by atoms with van der Waals surface area (Å²) in [6.07, 6.45) is 11.6. The van der Waals surface area contributed by atoms with Crippen LogP contribution < -0.4 is 5.32 Å². The lowest BCUT2D eigenvalue weighted by atomic mass is 9.87. The van der Waals surface area contributed by atoms with E-state index >= 15 is 0 Å². The molecule has 0 radical (unpaired) electrons. The second-order valence-corrected chi connectivity index (χ2v) is 6.26. The molecule has 0 spiro atoms. The van der Waals surface area contributed by atoms with Crippen LogP contribution in [0.25, 0.3) is 0 Å². The second kappa shape index (κ2) is 7.28. The van der Waals surface area contributed by atoms with Crippen molar-refractivity contribution in [1.29, 1.82) is 0 Å². The number of hydrogen-bond acceptors (Lipinski definition) is 2. The van der Waals surface area contributed by atoms with Gasteiger partial charge in [-0.1, -0.05) is 52.4 Å². The van der Waals surface area contributed by atoms with Gasteiger partial charge >= 0.3 is 0 Å². The zero-order valence-electron chi connectivity index (χ0n) is 12.7. The molecule has 2 aliphatic rings. The van der Waals surface area contributed by atoms with Gasteiger partial charge in [0.05, 0.1) is 12.2 Å². The summed E-state index contributed by atoms with van der Waals surface area (Å²) in [5.41, 5.74) is 0. The highest BCUT2D eigenvalue weighted by Gasteiger charge is 2.36. The molecule has 1 amide bonds. The SMILES string of the molecule is CCCC1NC(CC)C(=O)N1CCC1CCCCC1. The topological polar surface area (TPSA) is 32.3 Å². The lowest BCUT2D eigenvalue weighted by molar-refractivity contribution is -0.130. The van der Waals surface area contributed by atoms with E-state index in [1.165, 1.54) is 38.5 Å². The Morgan fingerprint density at radius 2 is 1.89 bits per heavy atom. The molecule has 1 saturated carbocycles. The van der Waals surface area contributed by atoms with E-state index in [1.54, 1.807) is 0 Å². The summed E-state index contributed by atoms with van der Waals surface area (Å²) < 4.78 is 0. The van der Waals surface area contributed by atoms with Crippen LogP contribution in [0.3, 0.4) is 0 Å². The summed E-state index contributed by atoms with van der Waals surface area (Å²) in [5, 5.41) is 3.51. The molecule has 2 unspecified atom stereocenters. The monoisotopic (exact) mass is 266 g/mol. The number of carbonyl (C=O) groups excluding carboxylic acids is 1. The molecule has 0 aromatic rings. The quantitative estimate of drug-likeness (QED) is 0.800. The molecule has 1 saturated heterocycles. The average molecular weight is 266 g/mol. The molecular weight excluding hydrogens is 236 g/mol. The maximum atomic E-state index is 12.4. The number of rotatable bonds is 6. The Kier molecular flexibility index (Phi) is 5.68. The van der Waals surface area contributed by atoms with Crippen molar-refractivity contribution < 1.29 is 4.79 Å². The Bertz CT molecular complexity index is 286. The first kappa shape index (κ1) is 14.8. The van der Waals surface area contributed by atoms with Gasteiger partial charge in [0.15, 0.2) is 0 Å². The van der Waals surface area contributed by atoms with Crippen LogP contribution in [0.15, 0.2) is 0 Å². The summed E-state index contributed by atoms with van der Waals surface area (Å²) >= 11 is 0. The van der Waals surface area contributed by atoms with E-state index in [-0.39, 0.29) is 6.04 Å². The molecular formula is C16H30N2O. The van der Waals surface area contributed by atoms with Gasteiger partial charge in [0.1, 0.15) is 0 Å². The molecule has 0 bridgehead atoms. The molecule has 3 heteroatoms. The fourth-order valence-electron chi connectivity index (χ4n) is 3.62. The number of amides is 1. The minimum absolute atomic E-state index is 0.0721. The van der Waals surface area contributed by atoms with E-state index < -0.39 is 0 Å². The lowest BCUT2D eigenvalue weighted by Crippen LogP contribution is -2.38. The van der Waals surface area contributed by atoms with Gasteiger partial charge < -0.3 is 4.90 Å². The maximum Gasteiger partial charge on any atom is 0.241 e. The van der Waals surface area contributed by atoms with Gasteiger partial charge in [-0.3, -0.25) is 10.1 Å². The Hall–Kier alpha value is -0.570. The Labute approximate surface area is 118 Å². The smallest absolute Gasteiger partial charge is 0.241 e. The van der Waals surface area contributed by atoms with Crippen LogP contribution in [0.2, 0.25) is 0 Å². The van der Waals surface area contributed by atoms with Crippen molar-refractivity contribution in [1.82, 2.24) is 10.2 Å². The predicted octanol–water partition coefficient (Wildman–Crippen LogP) is 3.29. The van der Waals surface area contributed by atoms with Crippen molar-refractivity contribution in [2.24, 2.45) is 5.92 Å². The molecule has 0 aromatic carbocycles. The lowest BCUT2D eigenvalue weighted by Gasteiger charge is -2.28. The Morgan fingerprint density at radius 1 is 1.16 bits per heavy atom. The Balaban J connectivity index is 1.86. The molecule has 110 valence electrons. The molecule has 19 heavy (non-hydrogen) atoms. The molecule has 2 fully saturated rings. The summed E-state index contributed by atoms with van der Waals surface area (Å²) in [4.78, 5) is 14.5. The van der Waals surface area contributed by atoms with E-state index in [0.29, 0.717) is 12.1 Å². The van der Waals surface area contributed by atoms with Crippen molar-refractivity contribution in [3.05, 3.63) is 0 Å². The van der Waals surface area contributed by atoms with Gasteiger partial charge in [0, 0.05) is 6.54 Å². The molecule has 1 N–H and O–H groups in total. The van der Waals surface area contributed by atoms with Gasteiger partial charge in [0.25, 0.3) is 0 Å². The molecule has 1 aliphatic heterocycles. The minimum Gasteiger partial charge on any atom is -0.326 e. The molecule has 1 aliphatic carbocycles. The first-order valence-electron chi connectivity index (χ1n) is 8.32. The minimum atomic E-state index is 0.0721. The van der Waals surface area contributed by atoms with Crippen molar-refractivity contribution in [3.8, 4) is 0 Å². The van der Waals surface area contributed by atoms with Crippen LogP contribution in [-0.4, -0.2) is 29.6 Å². The number of nitrogens with zero attached hydrogens (tertiary/aromatic N) is 1. The van der Waals surface area contributed by atoms with Crippen LogP contribution in [-0.2, 0) is 4.79 Å². The number of hydrogen-bond donors (Lipinski definition) is 1. The highest BCUT2D eigenvalue weighted by molar-refractivity contribution is 5.84. The normalized spacial score (nSPS) is 29.2. The van der Waals surface area contributed by atoms with Gasteiger partial charge in [-0.15, -0.1) is 0 Å². The van der Waals surface area contributed by atoms with E-state index in [1.807, 2.05) is 0 Å². The van der Waals surface area contributed by atoms with E-state index in [0.717, 1.165) is 31.7 Å². The van der Waals surface area contributed by atoms with Gasteiger partial charge in [-0.05, 0) is 25.2 Å². The van der Waals surface area contributed by atoms with Gasteiger partial charge in [-0.2, -0.15) is 0 Å². The van der Waals surface area contributed by atoms with Crippen molar-refractivity contribution in [2.75, 3.05) is 6.54 Å². The van der Waals surface area contributed by atoms with Crippen LogP contribution in [0.5, 0.6) is 0 Å². The molecule has 2 atom stereocenters. The van der Waals surface area contributed by atoms with E-state index in [9.17, 15) is 4.79 Å². The van der Waals surface area contributed by atoms with Crippen molar-refractivity contribution in [2.45, 2.75) is 83.8 Å². The zero-order chi connectivity index (χ0) is 13.7. The largest absolute Gasteiger partial charge is 0.326 e. The summed E-state index contributed by atoms with van der Waals surface area (Å²) in [6.45, 7) is 5.27. The third kappa shape index (κ3) is 3.71. The van der Waals surface area contributed by atoms with Gasteiger partial charge in [-0.25, -0.2) is 0 Å². The number of nitrogens with one attached hydrogen (secondary N) is 1. The number of carbonyl (C=O) groups is 1. The summed E-state index contributed by atoms with van der Waals surface area (Å²) in [6, 6.07) is 0.0721. The van der Waals surface area contributed by atoms with Crippen molar-refractivity contribution in [3.63, 3.8) is 0 Å². The molecule has 1 heterocycles. The predicted molar refractivity (Wildman–Crippen MR) is 78.8 cm³/mol. The van der Waals surface area contributed by atoms with Crippen LogP contribution in [0.1, 0.15) is 71.6 Å². The molecule has 3 nitrogen and oxygen atoms in total. The zero-order valence-corrected chi connectivity index (χ0v) is 12.7. The van der Waals surface area contributed by atoms with E-state index in [2.05, 4.69) is 24.1 Å².